The molecule has 0 aromatic heterocycles. The predicted molar refractivity (Wildman–Crippen MR) is 101 cm³/mol. The fourth-order valence-electron chi connectivity index (χ4n) is 3.97. The Morgan fingerprint density at radius 2 is 1.81 bits per heavy atom. The van der Waals surface area contributed by atoms with Crippen LogP contribution in [0.1, 0.15) is 41.6 Å². The summed E-state index contributed by atoms with van der Waals surface area (Å²) in [6.07, 6.45) is 4.45. The summed E-state index contributed by atoms with van der Waals surface area (Å²) in [4.78, 5) is 12.5. The summed E-state index contributed by atoms with van der Waals surface area (Å²) in [7, 11) is 0. The van der Waals surface area contributed by atoms with Gasteiger partial charge in [0.25, 0.3) is 5.91 Å². The number of hydrogen-bond donors (Lipinski definition) is 1. The molecular weight excluding hydrogens is 350 g/mol. The van der Waals surface area contributed by atoms with Crippen molar-refractivity contribution in [3.05, 3.63) is 58.6 Å². The van der Waals surface area contributed by atoms with Crippen LogP contribution in [-0.4, -0.2) is 25.7 Å². The first kappa shape index (κ1) is 17.2. The maximum Gasteiger partial charge on any atom is 0.251 e. The second kappa shape index (κ2) is 7.20. The van der Waals surface area contributed by atoms with Gasteiger partial charge in [0.05, 0.1) is 0 Å². The second-order valence-electron chi connectivity index (χ2n) is 7.04. The van der Waals surface area contributed by atoms with Gasteiger partial charge in [0.15, 0.2) is 11.5 Å². The molecule has 2 aromatic rings. The van der Waals surface area contributed by atoms with Crippen molar-refractivity contribution in [2.24, 2.45) is 0 Å². The van der Waals surface area contributed by atoms with Gasteiger partial charge in [0, 0.05) is 22.5 Å². The van der Waals surface area contributed by atoms with Crippen LogP contribution in [0.15, 0.2) is 42.5 Å². The zero-order chi connectivity index (χ0) is 18.0. The Balaban J connectivity index is 1.54. The van der Waals surface area contributed by atoms with Gasteiger partial charge in [0.1, 0.15) is 13.2 Å². The van der Waals surface area contributed by atoms with Crippen LogP contribution >= 0.6 is 11.6 Å². The molecule has 0 atom stereocenters. The fraction of sp³-hybridized carbons (Fsp3) is 0.381. The molecule has 136 valence electrons. The molecule has 0 saturated heterocycles. The number of hydrogen-bond acceptors (Lipinski definition) is 3. The van der Waals surface area contributed by atoms with E-state index in [1.807, 2.05) is 6.07 Å². The average Bonchev–Trinajstić information content (AvgIpc) is 3.16. The molecule has 0 unspecified atom stereocenters. The molecular formula is C21H22ClNO3. The summed E-state index contributed by atoms with van der Waals surface area (Å²) in [6.45, 7) is 1.78. The Labute approximate surface area is 158 Å². The number of fused-ring (bicyclic) bond motifs is 1. The lowest BCUT2D eigenvalue weighted by molar-refractivity contribution is 0.0943. The molecule has 2 aromatic carbocycles. The number of amides is 1. The highest BCUT2D eigenvalue weighted by atomic mass is 35.5. The van der Waals surface area contributed by atoms with Gasteiger partial charge in [-0.3, -0.25) is 4.79 Å². The van der Waals surface area contributed by atoms with Crippen LogP contribution in [0.3, 0.4) is 0 Å². The molecule has 2 aliphatic rings. The van der Waals surface area contributed by atoms with Crippen LogP contribution < -0.4 is 14.8 Å². The largest absolute Gasteiger partial charge is 0.486 e. The van der Waals surface area contributed by atoms with E-state index in [2.05, 4.69) is 17.4 Å². The molecule has 4 nitrogen and oxygen atoms in total. The highest BCUT2D eigenvalue weighted by Gasteiger charge is 2.36. The Kier molecular flexibility index (Phi) is 4.77. The van der Waals surface area contributed by atoms with Crippen molar-refractivity contribution in [3.63, 3.8) is 0 Å². The minimum atomic E-state index is -0.0867. The van der Waals surface area contributed by atoms with E-state index >= 15 is 0 Å². The maximum atomic E-state index is 12.5. The van der Waals surface area contributed by atoms with Crippen molar-refractivity contribution < 1.29 is 14.3 Å². The third-order valence-corrected chi connectivity index (χ3v) is 5.62. The van der Waals surface area contributed by atoms with Crippen molar-refractivity contribution in [2.45, 2.75) is 31.1 Å². The molecule has 1 saturated carbocycles. The number of carbonyl (C=O) groups excluding carboxylic acids is 1. The van der Waals surface area contributed by atoms with Crippen LogP contribution in [0.5, 0.6) is 11.5 Å². The summed E-state index contributed by atoms with van der Waals surface area (Å²) in [5, 5.41) is 3.69. The van der Waals surface area contributed by atoms with E-state index in [0.717, 1.165) is 24.3 Å². The van der Waals surface area contributed by atoms with Gasteiger partial charge in [0.2, 0.25) is 0 Å². The smallest absolute Gasteiger partial charge is 0.251 e. The first-order valence-corrected chi connectivity index (χ1v) is 9.48. The maximum absolute atomic E-state index is 12.5. The van der Waals surface area contributed by atoms with Gasteiger partial charge >= 0.3 is 0 Å². The molecule has 5 heteroatoms. The summed E-state index contributed by atoms with van der Waals surface area (Å²) in [6, 6.07) is 13.2. The van der Waals surface area contributed by atoms with E-state index in [0.29, 0.717) is 30.3 Å². The molecule has 1 aliphatic heterocycles. The van der Waals surface area contributed by atoms with Crippen molar-refractivity contribution in [3.8, 4) is 11.5 Å². The fourth-order valence-corrected chi connectivity index (χ4v) is 4.16. The lowest BCUT2D eigenvalue weighted by Gasteiger charge is -2.31. The molecule has 0 radical (unpaired) electrons. The van der Waals surface area contributed by atoms with E-state index < -0.39 is 0 Å². The number of halogens is 1. The van der Waals surface area contributed by atoms with Crippen molar-refractivity contribution in [2.75, 3.05) is 19.8 Å². The molecule has 0 bridgehead atoms. The molecule has 1 N–H and O–H groups in total. The van der Waals surface area contributed by atoms with E-state index in [4.69, 9.17) is 21.1 Å². The van der Waals surface area contributed by atoms with Crippen LogP contribution in [0.2, 0.25) is 5.02 Å². The topological polar surface area (TPSA) is 47.6 Å². The van der Waals surface area contributed by atoms with Gasteiger partial charge in [-0.2, -0.15) is 0 Å². The van der Waals surface area contributed by atoms with Crippen molar-refractivity contribution in [1.29, 1.82) is 0 Å². The lowest BCUT2D eigenvalue weighted by Crippen LogP contribution is -2.39. The van der Waals surface area contributed by atoms with Gasteiger partial charge < -0.3 is 14.8 Å². The monoisotopic (exact) mass is 371 g/mol. The van der Waals surface area contributed by atoms with Crippen molar-refractivity contribution in [1.82, 2.24) is 5.32 Å². The van der Waals surface area contributed by atoms with Gasteiger partial charge in [-0.05, 0) is 48.7 Å². The van der Waals surface area contributed by atoms with Crippen LogP contribution in [0.25, 0.3) is 0 Å². The summed E-state index contributed by atoms with van der Waals surface area (Å²) >= 11 is 6.00. The quantitative estimate of drug-likeness (QED) is 0.869. The minimum Gasteiger partial charge on any atom is -0.486 e. The highest BCUT2D eigenvalue weighted by molar-refractivity contribution is 6.30. The standard InChI is InChI=1S/C21H22ClNO3/c22-17-5-3-4-15(12-17)20(24)23-14-21(8-1-2-9-21)16-6-7-18-19(13-16)26-11-10-25-18/h3-7,12-13H,1-2,8-11,14H2,(H,23,24). The molecule has 26 heavy (non-hydrogen) atoms. The van der Waals surface area contributed by atoms with E-state index in [1.165, 1.54) is 18.4 Å². The summed E-state index contributed by atoms with van der Waals surface area (Å²) in [5.41, 5.74) is 1.75. The third kappa shape index (κ3) is 3.38. The Hall–Kier alpha value is -2.20. The summed E-state index contributed by atoms with van der Waals surface area (Å²) < 4.78 is 11.4. The number of carbonyl (C=O) groups is 1. The first-order chi connectivity index (χ1) is 12.7. The van der Waals surface area contributed by atoms with Crippen LogP contribution in [0.4, 0.5) is 0 Å². The molecule has 1 heterocycles. The third-order valence-electron chi connectivity index (χ3n) is 5.39. The Morgan fingerprint density at radius 1 is 1.04 bits per heavy atom. The Morgan fingerprint density at radius 3 is 2.58 bits per heavy atom. The predicted octanol–water partition coefficient (Wildman–Crippen LogP) is 4.35. The Bertz CT molecular complexity index is 815. The van der Waals surface area contributed by atoms with Crippen LogP contribution in [-0.2, 0) is 5.41 Å². The molecule has 1 amide bonds. The highest BCUT2D eigenvalue weighted by Crippen LogP contribution is 2.43. The van der Waals surface area contributed by atoms with E-state index in [9.17, 15) is 4.79 Å². The molecule has 4 rings (SSSR count). The SMILES string of the molecule is O=C(NCC1(c2ccc3c(c2)OCCO3)CCCC1)c1cccc(Cl)c1. The normalized spacial score (nSPS) is 17.7. The lowest BCUT2D eigenvalue weighted by atomic mass is 9.78. The minimum absolute atomic E-state index is 0.0515. The zero-order valence-corrected chi connectivity index (χ0v) is 15.3. The van der Waals surface area contributed by atoms with Gasteiger partial charge in [-0.15, -0.1) is 0 Å². The molecule has 1 fully saturated rings. The van der Waals surface area contributed by atoms with E-state index in [1.54, 1.807) is 24.3 Å². The second-order valence-corrected chi connectivity index (χ2v) is 7.48. The number of nitrogens with one attached hydrogen (secondary N) is 1. The van der Waals surface area contributed by atoms with E-state index in [-0.39, 0.29) is 11.3 Å². The van der Waals surface area contributed by atoms with Gasteiger partial charge in [-0.1, -0.05) is 36.6 Å². The van der Waals surface area contributed by atoms with Crippen LogP contribution in [0, 0.1) is 0 Å². The van der Waals surface area contributed by atoms with Crippen molar-refractivity contribution >= 4 is 17.5 Å². The number of benzene rings is 2. The zero-order valence-electron chi connectivity index (χ0n) is 14.6. The average molecular weight is 372 g/mol. The number of ether oxygens (including phenoxy) is 2. The molecule has 0 spiro atoms. The summed E-state index contributed by atoms with van der Waals surface area (Å²) in [5.74, 6) is 1.52. The number of rotatable bonds is 4. The first-order valence-electron chi connectivity index (χ1n) is 9.10. The molecule has 1 aliphatic carbocycles. The van der Waals surface area contributed by atoms with Gasteiger partial charge in [-0.25, -0.2) is 0 Å².